The third-order valence-corrected chi connectivity index (χ3v) is 3.21. The summed E-state index contributed by atoms with van der Waals surface area (Å²) in [6.07, 6.45) is 1.58. The zero-order chi connectivity index (χ0) is 13.8. The molecule has 1 heterocycles. The molecule has 0 saturated heterocycles. The summed E-state index contributed by atoms with van der Waals surface area (Å²) < 4.78 is 0. The molecule has 3 N–H and O–H groups in total. The molecule has 5 nitrogen and oxygen atoms in total. The molecule has 0 atom stereocenters. The van der Waals surface area contributed by atoms with Crippen LogP contribution in [0.25, 0.3) is 10.8 Å². The van der Waals surface area contributed by atoms with Gasteiger partial charge < -0.3 is 10.3 Å². The predicted molar refractivity (Wildman–Crippen MR) is 76.8 cm³/mol. The standard InChI is InChI=1S/C14H18N4O/c1-3-18(4-2)14(19)12-9-16-13(17-15)11-8-6-5-7-10(11)12/h5-9H,3-4,15H2,1-2H3,(H,16,17). The Hall–Kier alpha value is -2.14. The molecule has 2 aromatic rings. The maximum absolute atomic E-state index is 12.5. The number of nitrogens with zero attached hydrogens (tertiary/aromatic N) is 2. The number of hydrogen-bond acceptors (Lipinski definition) is 4. The summed E-state index contributed by atoms with van der Waals surface area (Å²) >= 11 is 0. The molecule has 19 heavy (non-hydrogen) atoms. The highest BCUT2D eigenvalue weighted by Crippen LogP contribution is 2.24. The number of carbonyl (C=O) groups excluding carboxylic acids is 1. The van der Waals surface area contributed by atoms with Crippen molar-refractivity contribution in [2.24, 2.45) is 5.84 Å². The number of hydrazine groups is 1. The molecular weight excluding hydrogens is 240 g/mol. The van der Waals surface area contributed by atoms with E-state index in [1.807, 2.05) is 38.1 Å². The van der Waals surface area contributed by atoms with Gasteiger partial charge >= 0.3 is 0 Å². The minimum atomic E-state index is -0.00253. The second kappa shape index (κ2) is 5.67. The van der Waals surface area contributed by atoms with E-state index in [1.54, 1.807) is 11.1 Å². The molecule has 2 rings (SSSR count). The summed E-state index contributed by atoms with van der Waals surface area (Å²) in [5, 5.41) is 1.71. The Bertz CT molecular complexity index is 593. The number of hydrogen-bond donors (Lipinski definition) is 2. The van der Waals surface area contributed by atoms with Gasteiger partial charge in [0.25, 0.3) is 5.91 Å². The van der Waals surface area contributed by atoms with Gasteiger partial charge in [0.1, 0.15) is 5.82 Å². The maximum atomic E-state index is 12.5. The lowest BCUT2D eigenvalue weighted by Gasteiger charge is -2.19. The lowest BCUT2D eigenvalue weighted by atomic mass is 10.1. The number of aromatic nitrogens is 1. The SMILES string of the molecule is CCN(CC)C(=O)c1cnc(NN)c2ccccc12. The quantitative estimate of drug-likeness (QED) is 0.650. The molecule has 0 spiro atoms. The van der Waals surface area contributed by atoms with Gasteiger partial charge in [-0.25, -0.2) is 10.8 Å². The van der Waals surface area contributed by atoms with E-state index < -0.39 is 0 Å². The number of pyridine rings is 1. The highest BCUT2D eigenvalue weighted by atomic mass is 16.2. The zero-order valence-electron chi connectivity index (χ0n) is 11.2. The van der Waals surface area contributed by atoms with Crippen LogP contribution in [0.5, 0.6) is 0 Å². The van der Waals surface area contributed by atoms with Gasteiger partial charge in [0.2, 0.25) is 0 Å². The first-order valence-corrected chi connectivity index (χ1v) is 6.36. The molecule has 0 unspecified atom stereocenters. The molecule has 100 valence electrons. The molecule has 1 amide bonds. The number of nitrogens with one attached hydrogen (secondary N) is 1. The molecule has 1 aromatic heterocycles. The lowest BCUT2D eigenvalue weighted by Crippen LogP contribution is -2.30. The van der Waals surface area contributed by atoms with Gasteiger partial charge in [-0.2, -0.15) is 0 Å². The lowest BCUT2D eigenvalue weighted by molar-refractivity contribution is 0.0774. The smallest absolute Gasteiger partial charge is 0.256 e. The van der Waals surface area contributed by atoms with Gasteiger partial charge in [-0.1, -0.05) is 24.3 Å². The minimum absolute atomic E-state index is 0.00253. The molecular formula is C14H18N4O. The van der Waals surface area contributed by atoms with Crippen LogP contribution < -0.4 is 11.3 Å². The number of fused-ring (bicyclic) bond motifs is 1. The van der Waals surface area contributed by atoms with Crippen LogP contribution in [0.4, 0.5) is 5.82 Å². The third-order valence-electron chi connectivity index (χ3n) is 3.21. The highest BCUT2D eigenvalue weighted by Gasteiger charge is 2.17. The van der Waals surface area contributed by atoms with E-state index >= 15 is 0 Å². The number of rotatable bonds is 4. The normalized spacial score (nSPS) is 10.5. The zero-order valence-corrected chi connectivity index (χ0v) is 11.2. The fourth-order valence-corrected chi connectivity index (χ4v) is 2.16. The Morgan fingerprint density at radius 1 is 1.26 bits per heavy atom. The predicted octanol–water partition coefficient (Wildman–Crippen LogP) is 2.00. The Labute approximate surface area is 112 Å². The van der Waals surface area contributed by atoms with Crippen molar-refractivity contribution >= 4 is 22.5 Å². The third kappa shape index (κ3) is 2.37. The number of nitrogens with two attached hydrogens (primary N) is 1. The summed E-state index contributed by atoms with van der Waals surface area (Å²) in [6, 6.07) is 7.61. The average molecular weight is 258 g/mol. The molecule has 0 bridgehead atoms. The molecule has 0 aliphatic rings. The molecule has 0 radical (unpaired) electrons. The van der Waals surface area contributed by atoms with Crippen molar-refractivity contribution in [3.63, 3.8) is 0 Å². The van der Waals surface area contributed by atoms with E-state index in [0.29, 0.717) is 24.5 Å². The van der Waals surface area contributed by atoms with Gasteiger partial charge in [0.15, 0.2) is 0 Å². The van der Waals surface area contributed by atoms with Crippen molar-refractivity contribution in [3.05, 3.63) is 36.0 Å². The monoisotopic (exact) mass is 258 g/mol. The van der Waals surface area contributed by atoms with Crippen LogP contribution in [-0.2, 0) is 0 Å². The summed E-state index contributed by atoms with van der Waals surface area (Å²) in [4.78, 5) is 18.4. The fourth-order valence-electron chi connectivity index (χ4n) is 2.16. The first-order chi connectivity index (χ1) is 9.22. The first-order valence-electron chi connectivity index (χ1n) is 6.36. The van der Waals surface area contributed by atoms with Crippen LogP contribution in [0.3, 0.4) is 0 Å². The molecule has 1 aromatic carbocycles. The van der Waals surface area contributed by atoms with E-state index in [0.717, 1.165) is 10.8 Å². The van der Waals surface area contributed by atoms with Crippen LogP contribution in [0.2, 0.25) is 0 Å². The second-order valence-electron chi connectivity index (χ2n) is 4.19. The van der Waals surface area contributed by atoms with Gasteiger partial charge in [0, 0.05) is 24.7 Å². The molecule has 0 fully saturated rings. The van der Waals surface area contributed by atoms with Crippen molar-refractivity contribution in [2.45, 2.75) is 13.8 Å². The summed E-state index contributed by atoms with van der Waals surface area (Å²) in [6.45, 7) is 5.29. The van der Waals surface area contributed by atoms with Gasteiger partial charge in [-0.15, -0.1) is 0 Å². The molecule has 0 aliphatic carbocycles. The highest BCUT2D eigenvalue weighted by molar-refractivity contribution is 6.09. The largest absolute Gasteiger partial charge is 0.339 e. The van der Waals surface area contributed by atoms with Crippen LogP contribution in [-0.4, -0.2) is 28.9 Å². The van der Waals surface area contributed by atoms with E-state index in [1.165, 1.54) is 0 Å². The number of anilines is 1. The van der Waals surface area contributed by atoms with Gasteiger partial charge in [-0.3, -0.25) is 4.79 Å². The second-order valence-corrected chi connectivity index (χ2v) is 4.19. The van der Waals surface area contributed by atoms with Crippen LogP contribution >= 0.6 is 0 Å². The fraction of sp³-hybridized carbons (Fsp3) is 0.286. The molecule has 5 heteroatoms. The topological polar surface area (TPSA) is 71.2 Å². The van der Waals surface area contributed by atoms with E-state index in [4.69, 9.17) is 5.84 Å². The summed E-state index contributed by atoms with van der Waals surface area (Å²) in [5.74, 6) is 6.02. The minimum Gasteiger partial charge on any atom is -0.339 e. The van der Waals surface area contributed by atoms with Crippen LogP contribution in [0.1, 0.15) is 24.2 Å². The van der Waals surface area contributed by atoms with Gasteiger partial charge in [-0.05, 0) is 19.2 Å². The summed E-state index contributed by atoms with van der Waals surface area (Å²) in [7, 11) is 0. The number of benzene rings is 1. The van der Waals surface area contributed by atoms with Crippen LogP contribution in [0.15, 0.2) is 30.5 Å². The first kappa shape index (κ1) is 13.3. The van der Waals surface area contributed by atoms with Gasteiger partial charge in [0.05, 0.1) is 5.56 Å². The van der Waals surface area contributed by atoms with E-state index in [-0.39, 0.29) is 5.91 Å². The number of carbonyl (C=O) groups is 1. The van der Waals surface area contributed by atoms with Crippen molar-refractivity contribution < 1.29 is 4.79 Å². The average Bonchev–Trinajstić information content (AvgIpc) is 2.47. The van der Waals surface area contributed by atoms with E-state index in [2.05, 4.69) is 10.4 Å². The van der Waals surface area contributed by atoms with Crippen LogP contribution in [0, 0.1) is 0 Å². The van der Waals surface area contributed by atoms with Crippen molar-refractivity contribution in [2.75, 3.05) is 18.5 Å². The molecule has 0 saturated carbocycles. The molecule has 0 aliphatic heterocycles. The van der Waals surface area contributed by atoms with Crippen molar-refractivity contribution in [1.82, 2.24) is 9.88 Å². The van der Waals surface area contributed by atoms with E-state index in [9.17, 15) is 4.79 Å². The van der Waals surface area contributed by atoms with Crippen molar-refractivity contribution in [3.8, 4) is 0 Å². The Kier molecular flexibility index (Phi) is 3.97. The Balaban J connectivity index is 2.59. The Morgan fingerprint density at radius 3 is 2.47 bits per heavy atom. The number of amides is 1. The summed E-state index contributed by atoms with van der Waals surface area (Å²) in [5.41, 5.74) is 3.17. The Morgan fingerprint density at radius 2 is 1.89 bits per heavy atom. The van der Waals surface area contributed by atoms with Crippen molar-refractivity contribution in [1.29, 1.82) is 0 Å². The number of nitrogen functional groups attached to an aromatic ring is 1. The maximum Gasteiger partial charge on any atom is 0.256 e.